The van der Waals surface area contributed by atoms with E-state index >= 15 is 0 Å². The van der Waals surface area contributed by atoms with Crippen LogP contribution in [0.2, 0.25) is 0 Å². The van der Waals surface area contributed by atoms with Crippen molar-refractivity contribution in [2.45, 2.75) is 89.9 Å². The highest BCUT2D eigenvalue weighted by molar-refractivity contribution is 5.83. The minimum Gasteiger partial charge on any atom is -0.504 e. The largest absolute Gasteiger partial charge is 0.504 e. The van der Waals surface area contributed by atoms with Gasteiger partial charge in [-0.2, -0.15) is 0 Å². The molecule has 3 aliphatic rings. The van der Waals surface area contributed by atoms with Gasteiger partial charge in [-0.05, 0) is 62.6 Å². The van der Waals surface area contributed by atoms with Crippen LogP contribution in [0.1, 0.15) is 70.8 Å². The average Bonchev–Trinajstić information content (AvgIpc) is 3.71. The summed E-state index contributed by atoms with van der Waals surface area (Å²) >= 11 is 0. The Kier molecular flexibility index (Phi) is 11.2. The third-order valence-corrected chi connectivity index (χ3v) is 8.01. The molecule has 0 spiro atoms. The summed E-state index contributed by atoms with van der Waals surface area (Å²) in [4.78, 5) is 4.51. The van der Waals surface area contributed by atoms with Crippen molar-refractivity contribution in [3.8, 4) is 11.5 Å². The predicted molar refractivity (Wildman–Crippen MR) is 156 cm³/mol. The van der Waals surface area contributed by atoms with E-state index in [0.717, 1.165) is 43.4 Å². The lowest BCUT2D eigenvalue weighted by Gasteiger charge is -2.22. The highest BCUT2D eigenvalue weighted by Gasteiger charge is 2.39. The quantitative estimate of drug-likeness (QED) is 0.182. The normalized spacial score (nSPS) is 21.5. The average molecular weight is 540 g/mol. The summed E-state index contributed by atoms with van der Waals surface area (Å²) < 4.78 is 10.7. The number of ether oxygens (including phenoxy) is 2. The van der Waals surface area contributed by atoms with Crippen LogP contribution in [0, 0.1) is 23.9 Å². The Balaban J connectivity index is 1.28. The summed E-state index contributed by atoms with van der Waals surface area (Å²) in [6.07, 6.45) is 18.4. The maximum atomic E-state index is 10.8. The van der Waals surface area contributed by atoms with Crippen molar-refractivity contribution in [1.82, 2.24) is 5.32 Å². The number of hydrogen-bond acceptors (Lipinski definition) is 6. The van der Waals surface area contributed by atoms with Crippen LogP contribution >= 0.6 is 0 Å². The Morgan fingerprint density at radius 1 is 1.23 bits per heavy atom. The Morgan fingerprint density at radius 3 is 2.82 bits per heavy atom. The van der Waals surface area contributed by atoms with E-state index in [0.29, 0.717) is 35.9 Å². The first-order valence-corrected chi connectivity index (χ1v) is 14.8. The molecule has 2 heterocycles. The van der Waals surface area contributed by atoms with Gasteiger partial charge in [0.15, 0.2) is 17.6 Å². The third kappa shape index (κ3) is 8.77. The molecule has 0 aromatic heterocycles. The van der Waals surface area contributed by atoms with Gasteiger partial charge in [0.25, 0.3) is 0 Å². The maximum Gasteiger partial charge on any atom is 0.207 e. The lowest BCUT2D eigenvalue weighted by atomic mass is 9.81. The molecule has 39 heavy (non-hydrogen) atoms. The van der Waals surface area contributed by atoms with Gasteiger partial charge in [-0.1, -0.05) is 32.3 Å². The molecule has 0 radical (unpaired) electrons. The van der Waals surface area contributed by atoms with Gasteiger partial charge in [-0.25, -0.2) is 0 Å². The summed E-state index contributed by atoms with van der Waals surface area (Å²) in [6, 6.07) is 5.41. The number of aliphatic imine (C=N–C) groups is 1. The molecule has 1 saturated carbocycles. The zero-order valence-corrected chi connectivity index (χ0v) is 23.6. The highest BCUT2D eigenvalue weighted by Crippen LogP contribution is 2.38. The molecule has 5 N–H and O–H groups in total. The van der Waals surface area contributed by atoms with E-state index < -0.39 is 6.10 Å². The Bertz CT molecular complexity index is 985. The number of allylic oxidation sites excluding steroid dienone is 1. The fraction of sp³-hybridized carbons (Fsp3) is 0.594. The first-order valence-electron chi connectivity index (χ1n) is 14.8. The fourth-order valence-corrected chi connectivity index (χ4v) is 5.74. The number of aryl methyl sites for hydroxylation is 1. The number of aliphatic hydroxyl groups excluding tert-OH is 2. The smallest absolute Gasteiger partial charge is 0.207 e. The highest BCUT2D eigenvalue weighted by atomic mass is 16.5. The van der Waals surface area contributed by atoms with Crippen LogP contribution < -0.4 is 10.1 Å². The van der Waals surface area contributed by atoms with Crippen molar-refractivity contribution < 1.29 is 24.8 Å². The number of phenols is 1. The molecule has 4 unspecified atom stereocenters. The van der Waals surface area contributed by atoms with Crippen molar-refractivity contribution in [3.05, 3.63) is 59.7 Å². The molecule has 0 amide bonds. The fourth-order valence-electron chi connectivity index (χ4n) is 5.74. The van der Waals surface area contributed by atoms with Gasteiger partial charge in [-0.15, -0.1) is 17.1 Å². The number of hydrogen-bond donors (Lipinski definition) is 4. The lowest BCUT2D eigenvalue weighted by molar-refractivity contribution is -0.0480. The van der Waals surface area contributed by atoms with Crippen LogP contribution in [-0.4, -0.2) is 64.3 Å². The number of aromatic hydroxyl groups is 1. The minimum atomic E-state index is -0.894. The summed E-state index contributed by atoms with van der Waals surface area (Å²) in [5, 5.41) is 34.2. The van der Waals surface area contributed by atoms with E-state index in [1.807, 2.05) is 24.4 Å². The summed E-state index contributed by atoms with van der Waals surface area (Å²) in [5.41, 5.74) is 1.64. The topological polar surface area (TPSA) is 107 Å². The second kappa shape index (κ2) is 14.8. The molecule has 0 saturated heterocycles. The number of unbranched alkanes of at least 4 members (excludes halogenated alkanes) is 1. The van der Waals surface area contributed by atoms with Crippen molar-refractivity contribution in [2.24, 2.45) is 16.8 Å². The van der Waals surface area contributed by atoms with Gasteiger partial charge < -0.3 is 30.1 Å². The van der Waals surface area contributed by atoms with Crippen LogP contribution in [0.15, 0.2) is 47.1 Å². The number of benzene rings is 1. The van der Waals surface area contributed by atoms with E-state index in [1.54, 1.807) is 13.0 Å². The Hall–Kier alpha value is -2.45. The second-order valence-electron chi connectivity index (χ2n) is 11.3. The van der Waals surface area contributed by atoms with Crippen LogP contribution in [0.3, 0.4) is 0 Å². The first-order chi connectivity index (χ1) is 18.9. The van der Waals surface area contributed by atoms with Gasteiger partial charge >= 0.3 is 0 Å². The molecule has 7 nitrogen and oxygen atoms in total. The lowest BCUT2D eigenvalue weighted by Crippen LogP contribution is -2.35. The maximum absolute atomic E-state index is 10.8. The third-order valence-electron chi connectivity index (χ3n) is 8.01. The monoisotopic (exact) mass is 539 g/mol. The van der Waals surface area contributed by atoms with Gasteiger partial charge in [0, 0.05) is 19.5 Å². The number of nitrogens with one attached hydrogen (secondary N) is 1. The molecule has 0 bridgehead atoms. The molecule has 1 aliphatic carbocycles. The van der Waals surface area contributed by atoms with Crippen molar-refractivity contribution in [3.63, 3.8) is 0 Å². The van der Waals surface area contributed by atoms with Gasteiger partial charge in [0.2, 0.25) is 5.70 Å². The van der Waals surface area contributed by atoms with Gasteiger partial charge in [-0.3, -0.25) is 0 Å². The second-order valence-corrected chi connectivity index (χ2v) is 11.3. The number of nitrogens with zero attached hydrogens (tertiary/aromatic N) is 1. The molecule has 1 aromatic carbocycles. The Morgan fingerprint density at radius 2 is 2.05 bits per heavy atom. The zero-order chi connectivity index (χ0) is 27.6. The van der Waals surface area contributed by atoms with E-state index in [2.05, 4.69) is 29.4 Å². The molecule has 4 atom stereocenters. The van der Waals surface area contributed by atoms with Gasteiger partial charge in [0.1, 0.15) is 30.9 Å². The molecule has 1 aromatic rings. The van der Waals surface area contributed by atoms with E-state index in [-0.39, 0.29) is 18.5 Å². The van der Waals surface area contributed by atoms with Gasteiger partial charge in [0.05, 0.1) is 18.1 Å². The zero-order valence-electron chi connectivity index (χ0n) is 23.6. The van der Waals surface area contributed by atoms with Crippen LogP contribution in [0.4, 0.5) is 0 Å². The van der Waals surface area contributed by atoms with E-state index in [4.69, 9.17) is 9.47 Å². The van der Waals surface area contributed by atoms with Crippen LogP contribution in [-0.2, 0) is 6.42 Å². The molecule has 7 heteroatoms. The molecule has 1 fully saturated rings. The SMILES string of the molecule is CCCCC1C=C[C-](CCc2ccc(O)c(OCC(O)C3=C[C+](C(CNCC(C)O)C4CCCC4)C=N3)c2)[OH+]1. The number of rotatable bonds is 16. The molecular formula is C32H47N2O5+. The first kappa shape index (κ1) is 29.5. The van der Waals surface area contributed by atoms with E-state index in [1.165, 1.54) is 38.5 Å². The molecule has 2 aliphatic heterocycles. The number of aliphatic hydroxyl groups is 4. The predicted octanol–water partition coefficient (Wildman–Crippen LogP) is 4.57. The van der Waals surface area contributed by atoms with Crippen molar-refractivity contribution in [2.75, 3.05) is 19.7 Å². The van der Waals surface area contributed by atoms with Crippen LogP contribution in [0.5, 0.6) is 11.5 Å². The van der Waals surface area contributed by atoms with Crippen molar-refractivity contribution >= 4 is 6.21 Å². The standard InChI is InChI=1S/C32H46N2O5/c1-3-4-9-26-13-14-27(39-26)12-10-23-11-15-30(36)32(16-23)38-21-31(37)29-17-25(19-34-29)28(20-33-18-22(2)35)24-7-5-6-8-24/h11,13-17,19,22,24,26,28,31,33,35,37,39H,3-10,12,18,20-21H2,1-2H3/p+1. The minimum absolute atomic E-state index is 0.0103. The summed E-state index contributed by atoms with van der Waals surface area (Å²) in [6.45, 7) is 5.35. The summed E-state index contributed by atoms with van der Waals surface area (Å²) in [5.74, 6) is 2.45. The molecule has 214 valence electrons. The summed E-state index contributed by atoms with van der Waals surface area (Å²) in [7, 11) is 0. The van der Waals surface area contributed by atoms with Crippen molar-refractivity contribution in [1.29, 1.82) is 0 Å². The Labute approximate surface area is 234 Å². The van der Waals surface area contributed by atoms with Crippen LogP contribution in [0.25, 0.3) is 0 Å². The molecule has 4 rings (SSSR count). The van der Waals surface area contributed by atoms with E-state index in [9.17, 15) is 15.3 Å². The molecular weight excluding hydrogens is 492 g/mol. The number of phenolic OH excluding ortho intramolecular Hbond substituents is 1.